The average Bonchev–Trinajstić information content (AvgIpc) is 1.94. The van der Waals surface area contributed by atoms with Crippen LogP contribution in [0.25, 0.3) is 0 Å². The van der Waals surface area contributed by atoms with E-state index < -0.39 is 13.9 Å². The third-order valence-corrected chi connectivity index (χ3v) is 4.28. The summed E-state index contributed by atoms with van der Waals surface area (Å²) in [5, 5.41) is 0. The van der Waals surface area contributed by atoms with Gasteiger partial charge in [-0.05, 0) is 34.0 Å². The van der Waals surface area contributed by atoms with Gasteiger partial charge in [-0.3, -0.25) is 0 Å². The summed E-state index contributed by atoms with van der Waals surface area (Å²) in [4.78, 5) is 0. The Morgan fingerprint density at radius 2 is 1.57 bits per heavy atom. The molecule has 0 N–H and O–H groups in total. The van der Waals surface area contributed by atoms with Gasteiger partial charge < -0.3 is 0 Å². The average molecular weight is 329 g/mol. The van der Waals surface area contributed by atoms with E-state index in [-0.39, 0.29) is 33.5 Å². The summed E-state index contributed by atoms with van der Waals surface area (Å²) >= 11 is 13.8. The van der Waals surface area contributed by atoms with E-state index in [0.717, 1.165) is 0 Å². The SMILES string of the molecule is FC(F)(Cl)S/N=C(/Cl)SSC(F)(F)Cl. The lowest BCUT2D eigenvalue weighted by Gasteiger charge is -2.04. The van der Waals surface area contributed by atoms with Crippen LogP contribution in [0.2, 0.25) is 0 Å². The van der Waals surface area contributed by atoms with Gasteiger partial charge in [-0.15, -0.1) is 0 Å². The highest BCUT2D eigenvalue weighted by Gasteiger charge is 2.28. The highest BCUT2D eigenvalue weighted by molar-refractivity contribution is 8.83. The van der Waals surface area contributed by atoms with Crippen LogP contribution in [0.15, 0.2) is 4.40 Å². The van der Waals surface area contributed by atoms with Crippen molar-refractivity contribution < 1.29 is 17.6 Å². The van der Waals surface area contributed by atoms with Crippen LogP contribution in [0.5, 0.6) is 0 Å². The first-order valence-electron chi connectivity index (χ1n) is 2.51. The summed E-state index contributed by atoms with van der Waals surface area (Å²) in [7, 11) is 0.138. The lowest BCUT2D eigenvalue weighted by Crippen LogP contribution is -1.97. The van der Waals surface area contributed by atoms with Gasteiger partial charge in [0, 0.05) is 10.8 Å². The maximum Gasteiger partial charge on any atom is 0.391 e. The molecule has 0 spiro atoms. The summed E-state index contributed by atoms with van der Waals surface area (Å²) in [6.07, 6.45) is 0. The van der Waals surface area contributed by atoms with Crippen LogP contribution >= 0.6 is 68.3 Å². The minimum atomic E-state index is -3.62. The zero-order valence-electron chi connectivity index (χ0n) is 5.82. The molecule has 14 heavy (non-hydrogen) atoms. The maximum absolute atomic E-state index is 12.0. The van der Waals surface area contributed by atoms with Crippen molar-refractivity contribution in [2.75, 3.05) is 0 Å². The molecule has 0 aromatic rings. The van der Waals surface area contributed by atoms with E-state index in [2.05, 4.69) is 27.6 Å². The molecular weight excluding hydrogens is 329 g/mol. The van der Waals surface area contributed by atoms with Gasteiger partial charge in [0.05, 0.1) is 11.9 Å². The molecule has 0 saturated carbocycles. The predicted molar refractivity (Wildman–Crippen MR) is 57.7 cm³/mol. The maximum atomic E-state index is 12.0. The van der Waals surface area contributed by atoms with Crippen molar-refractivity contribution in [1.82, 2.24) is 0 Å². The summed E-state index contributed by atoms with van der Waals surface area (Å²) in [5.41, 5.74) is 0. The zero-order chi connectivity index (χ0) is 11.4. The Bertz CT molecular complexity index is 214. The second-order valence-electron chi connectivity index (χ2n) is 1.49. The first-order valence-corrected chi connectivity index (χ1v) is 6.57. The van der Waals surface area contributed by atoms with Gasteiger partial charge in [0.1, 0.15) is 0 Å². The Morgan fingerprint density at radius 1 is 1.07 bits per heavy atom. The van der Waals surface area contributed by atoms with E-state index in [1.165, 1.54) is 0 Å². The summed E-state index contributed by atoms with van der Waals surface area (Å²) < 4.78 is 43.1. The molecule has 0 atom stereocenters. The molecule has 0 aliphatic carbocycles. The third kappa shape index (κ3) is 11.4. The molecule has 0 aromatic heterocycles. The first kappa shape index (κ1) is 15.3. The molecular formula is C3Cl3F4NS3. The largest absolute Gasteiger partial charge is 0.391 e. The molecule has 0 radical (unpaired) electrons. The summed E-state index contributed by atoms with van der Waals surface area (Å²) in [6.45, 7) is 0. The highest BCUT2D eigenvalue weighted by Crippen LogP contribution is 2.44. The molecule has 0 saturated heterocycles. The standard InChI is InChI=1S/C3Cl3F4NS3/c4-1(11-13-2(5,7)8)12-14-3(6,9)10/b11-1-. The van der Waals surface area contributed by atoms with E-state index in [1.807, 2.05) is 0 Å². The van der Waals surface area contributed by atoms with Crippen molar-refractivity contribution in [3.8, 4) is 0 Å². The van der Waals surface area contributed by atoms with Gasteiger partial charge >= 0.3 is 9.43 Å². The predicted octanol–water partition coefficient (Wildman–Crippen LogP) is 5.19. The topological polar surface area (TPSA) is 12.4 Å². The Morgan fingerprint density at radius 3 is 1.93 bits per heavy atom. The lowest BCUT2D eigenvalue weighted by molar-refractivity contribution is 0.203. The molecule has 0 bridgehead atoms. The quantitative estimate of drug-likeness (QED) is 0.176. The van der Waals surface area contributed by atoms with Crippen LogP contribution in [-0.2, 0) is 0 Å². The molecule has 0 unspecified atom stereocenters. The van der Waals surface area contributed by atoms with E-state index >= 15 is 0 Å². The summed E-state index contributed by atoms with van der Waals surface area (Å²) in [6, 6.07) is 0. The second kappa shape index (κ2) is 6.15. The van der Waals surface area contributed by atoms with Gasteiger partial charge in [0.25, 0.3) is 0 Å². The van der Waals surface area contributed by atoms with Crippen molar-refractivity contribution in [2.24, 2.45) is 4.40 Å². The number of halogens is 7. The fourth-order valence-electron chi connectivity index (χ4n) is 0.184. The lowest BCUT2D eigenvalue weighted by atomic mass is 11.6. The van der Waals surface area contributed by atoms with Gasteiger partial charge in [0.15, 0.2) is 4.50 Å². The van der Waals surface area contributed by atoms with E-state index in [4.69, 9.17) is 11.6 Å². The Kier molecular flexibility index (Phi) is 6.72. The Labute approximate surface area is 104 Å². The number of rotatable bonds is 4. The smallest absolute Gasteiger partial charge is 0.189 e. The molecule has 0 fully saturated rings. The van der Waals surface area contributed by atoms with E-state index in [9.17, 15) is 17.6 Å². The number of hydrogen-bond acceptors (Lipinski definition) is 4. The minimum Gasteiger partial charge on any atom is -0.189 e. The van der Waals surface area contributed by atoms with Gasteiger partial charge in [-0.1, -0.05) is 11.6 Å². The summed E-state index contributed by atoms with van der Waals surface area (Å²) in [5.74, 6) is 0. The first-order chi connectivity index (χ1) is 6.10. The molecule has 11 heteroatoms. The molecule has 0 rings (SSSR count). The minimum absolute atomic E-state index is 0.123. The van der Waals surface area contributed by atoms with Crippen LogP contribution in [0.1, 0.15) is 0 Å². The van der Waals surface area contributed by atoms with Crippen molar-refractivity contribution in [2.45, 2.75) is 9.43 Å². The molecule has 0 amide bonds. The van der Waals surface area contributed by atoms with Crippen LogP contribution in [-0.4, -0.2) is 13.9 Å². The van der Waals surface area contributed by atoms with Crippen molar-refractivity contribution in [3.63, 3.8) is 0 Å². The fourth-order valence-corrected chi connectivity index (χ4v) is 2.29. The van der Waals surface area contributed by atoms with Crippen LogP contribution in [0, 0.1) is 0 Å². The van der Waals surface area contributed by atoms with Crippen molar-refractivity contribution in [1.29, 1.82) is 0 Å². The third-order valence-electron chi connectivity index (χ3n) is 0.426. The van der Waals surface area contributed by atoms with Crippen molar-refractivity contribution in [3.05, 3.63) is 0 Å². The molecule has 0 aromatic carbocycles. The van der Waals surface area contributed by atoms with E-state index in [0.29, 0.717) is 0 Å². The fraction of sp³-hybridized carbons (Fsp3) is 0.667. The van der Waals surface area contributed by atoms with Gasteiger partial charge in [0.2, 0.25) is 0 Å². The molecule has 0 aliphatic rings. The van der Waals surface area contributed by atoms with Crippen LogP contribution in [0.4, 0.5) is 17.6 Å². The Hall–Kier alpha value is 1.31. The highest BCUT2D eigenvalue weighted by atomic mass is 35.5. The van der Waals surface area contributed by atoms with Crippen molar-refractivity contribution >= 4 is 72.8 Å². The monoisotopic (exact) mass is 327 g/mol. The molecule has 84 valence electrons. The van der Waals surface area contributed by atoms with Gasteiger partial charge in [-0.2, -0.15) is 22.0 Å². The number of hydrogen-bond donors (Lipinski definition) is 0. The van der Waals surface area contributed by atoms with Crippen LogP contribution in [0.3, 0.4) is 0 Å². The van der Waals surface area contributed by atoms with Crippen LogP contribution < -0.4 is 0 Å². The normalized spacial score (nSPS) is 14.6. The number of alkyl halides is 6. The van der Waals surface area contributed by atoms with E-state index in [1.54, 1.807) is 0 Å². The molecule has 1 nitrogen and oxygen atoms in total. The molecule has 0 aliphatic heterocycles. The van der Waals surface area contributed by atoms with Gasteiger partial charge in [-0.25, -0.2) is 0 Å². The Balaban J connectivity index is 3.91. The zero-order valence-corrected chi connectivity index (χ0v) is 10.5. The second-order valence-corrected chi connectivity index (χ2v) is 6.58. The number of nitrogens with zero attached hydrogens (tertiary/aromatic N) is 1. The molecule has 0 heterocycles.